The van der Waals surface area contributed by atoms with E-state index in [-0.39, 0.29) is 42.8 Å². The fourth-order valence-electron chi connectivity index (χ4n) is 5.31. The lowest BCUT2D eigenvalue weighted by Gasteiger charge is -2.34. The highest BCUT2D eigenvalue weighted by Crippen LogP contribution is 2.30. The van der Waals surface area contributed by atoms with Gasteiger partial charge in [-0.1, -0.05) is 19.4 Å². The molecule has 2 fully saturated rings. The van der Waals surface area contributed by atoms with Gasteiger partial charge in [0.05, 0.1) is 24.7 Å². The van der Waals surface area contributed by atoms with Gasteiger partial charge in [0, 0.05) is 44.2 Å². The van der Waals surface area contributed by atoms with Gasteiger partial charge < -0.3 is 29.5 Å². The number of aromatic nitrogens is 5. The van der Waals surface area contributed by atoms with Gasteiger partial charge >= 0.3 is 6.09 Å². The van der Waals surface area contributed by atoms with E-state index in [0.29, 0.717) is 61.8 Å². The van der Waals surface area contributed by atoms with E-state index in [2.05, 4.69) is 30.9 Å². The van der Waals surface area contributed by atoms with Crippen LogP contribution in [0.1, 0.15) is 60.5 Å². The minimum absolute atomic E-state index is 0.0600. The molecule has 1 atom stereocenters. The number of aromatic amines is 1. The van der Waals surface area contributed by atoms with Crippen LogP contribution in [0.25, 0.3) is 10.9 Å². The molecular formula is C29H37N9O6. The molecule has 2 aromatic heterocycles. The molecule has 15 heteroatoms. The SMILES string of the molecule is CCCCOC(=O)N1CCN(C(=O)CNC(=O)c2cc(OCC(=O)N3CCC[C@H]3c3nnn[nH]3)c3ccc(C)cc3n2)CC1. The van der Waals surface area contributed by atoms with Crippen molar-refractivity contribution in [2.24, 2.45) is 0 Å². The topological polar surface area (TPSA) is 176 Å². The first-order chi connectivity index (χ1) is 21.3. The number of unbranched alkanes of at least 4 members (excludes halogenated alkanes) is 1. The summed E-state index contributed by atoms with van der Waals surface area (Å²) in [6.07, 6.45) is 2.93. The monoisotopic (exact) mass is 607 g/mol. The lowest BCUT2D eigenvalue weighted by atomic mass is 10.1. The molecule has 234 valence electrons. The molecule has 5 rings (SSSR count). The summed E-state index contributed by atoms with van der Waals surface area (Å²) in [6.45, 7) is 5.82. The number of pyridine rings is 1. The van der Waals surface area contributed by atoms with Crippen LogP contribution in [-0.2, 0) is 14.3 Å². The molecule has 4 heterocycles. The Morgan fingerprint density at radius 1 is 1.05 bits per heavy atom. The normalized spacial score (nSPS) is 16.7. The Morgan fingerprint density at radius 2 is 1.84 bits per heavy atom. The van der Waals surface area contributed by atoms with Crippen LogP contribution in [0, 0.1) is 6.92 Å². The summed E-state index contributed by atoms with van der Waals surface area (Å²) >= 11 is 0. The molecule has 0 radical (unpaired) electrons. The van der Waals surface area contributed by atoms with Gasteiger partial charge in [0.25, 0.3) is 11.8 Å². The Bertz CT molecular complexity index is 1490. The van der Waals surface area contributed by atoms with Crippen molar-refractivity contribution in [1.82, 2.24) is 45.6 Å². The first-order valence-corrected chi connectivity index (χ1v) is 14.9. The van der Waals surface area contributed by atoms with Gasteiger partial charge in [-0.3, -0.25) is 14.4 Å². The molecule has 2 N–H and O–H groups in total. The molecule has 0 saturated carbocycles. The van der Waals surface area contributed by atoms with Gasteiger partial charge in [0.1, 0.15) is 11.4 Å². The van der Waals surface area contributed by atoms with Crippen LogP contribution in [0.15, 0.2) is 24.3 Å². The number of piperazine rings is 1. The Morgan fingerprint density at radius 3 is 2.59 bits per heavy atom. The number of tetrazole rings is 1. The summed E-state index contributed by atoms with van der Waals surface area (Å²) in [5.74, 6) is -0.182. The molecule has 44 heavy (non-hydrogen) atoms. The van der Waals surface area contributed by atoms with Crippen LogP contribution < -0.4 is 10.1 Å². The zero-order chi connectivity index (χ0) is 31.1. The third-order valence-electron chi connectivity index (χ3n) is 7.78. The van der Waals surface area contributed by atoms with Crippen molar-refractivity contribution in [3.63, 3.8) is 0 Å². The second kappa shape index (κ2) is 14.1. The molecule has 15 nitrogen and oxygen atoms in total. The largest absolute Gasteiger partial charge is 0.483 e. The third kappa shape index (κ3) is 7.21. The van der Waals surface area contributed by atoms with E-state index < -0.39 is 5.91 Å². The molecule has 0 bridgehead atoms. The van der Waals surface area contributed by atoms with Crippen LogP contribution in [0.2, 0.25) is 0 Å². The number of hydrogen-bond acceptors (Lipinski definition) is 10. The lowest BCUT2D eigenvalue weighted by Crippen LogP contribution is -2.52. The number of carbonyl (C=O) groups excluding carboxylic acids is 4. The number of likely N-dealkylation sites (tertiary alicyclic amines) is 1. The number of benzene rings is 1. The van der Waals surface area contributed by atoms with Crippen LogP contribution >= 0.6 is 0 Å². The van der Waals surface area contributed by atoms with Crippen LogP contribution in [0.4, 0.5) is 4.79 Å². The molecule has 4 amide bonds. The van der Waals surface area contributed by atoms with Crippen LogP contribution in [0.5, 0.6) is 5.75 Å². The predicted molar refractivity (Wildman–Crippen MR) is 157 cm³/mol. The van der Waals surface area contributed by atoms with E-state index in [1.807, 2.05) is 32.0 Å². The van der Waals surface area contributed by atoms with Crippen molar-refractivity contribution >= 4 is 34.7 Å². The van der Waals surface area contributed by atoms with Gasteiger partial charge in [-0.05, 0) is 54.3 Å². The van der Waals surface area contributed by atoms with E-state index in [1.54, 1.807) is 14.7 Å². The first kappa shape index (κ1) is 30.6. The van der Waals surface area contributed by atoms with E-state index >= 15 is 0 Å². The van der Waals surface area contributed by atoms with Gasteiger partial charge in [-0.25, -0.2) is 14.9 Å². The van der Waals surface area contributed by atoms with Gasteiger partial charge in [-0.2, -0.15) is 0 Å². The zero-order valence-electron chi connectivity index (χ0n) is 25.0. The van der Waals surface area contributed by atoms with Crippen LogP contribution in [-0.4, -0.2) is 117 Å². The van der Waals surface area contributed by atoms with Crippen molar-refractivity contribution in [2.75, 3.05) is 52.5 Å². The number of amides is 4. The molecule has 0 unspecified atom stereocenters. The number of hydrogen-bond donors (Lipinski definition) is 2. The van der Waals surface area contributed by atoms with Crippen molar-refractivity contribution in [3.05, 3.63) is 41.3 Å². The maximum absolute atomic E-state index is 13.1. The Labute approximate surface area is 254 Å². The second-order valence-electron chi connectivity index (χ2n) is 10.9. The molecule has 0 aliphatic carbocycles. The highest BCUT2D eigenvalue weighted by Gasteiger charge is 2.32. The van der Waals surface area contributed by atoms with Crippen molar-refractivity contribution in [1.29, 1.82) is 0 Å². The minimum Gasteiger partial charge on any atom is -0.483 e. The number of H-pyrrole nitrogens is 1. The van der Waals surface area contributed by atoms with Crippen molar-refractivity contribution in [2.45, 2.75) is 45.6 Å². The maximum Gasteiger partial charge on any atom is 0.409 e. The quantitative estimate of drug-likeness (QED) is 0.322. The Balaban J connectivity index is 1.19. The molecule has 1 aromatic carbocycles. The number of nitrogens with one attached hydrogen (secondary N) is 2. The van der Waals surface area contributed by atoms with Crippen molar-refractivity contribution < 1.29 is 28.7 Å². The van der Waals surface area contributed by atoms with Crippen molar-refractivity contribution in [3.8, 4) is 5.75 Å². The predicted octanol–water partition coefficient (Wildman–Crippen LogP) is 1.61. The number of carbonyl (C=O) groups is 4. The summed E-state index contributed by atoms with van der Waals surface area (Å²) in [5, 5.41) is 17.2. The fourth-order valence-corrected chi connectivity index (χ4v) is 5.31. The van der Waals surface area contributed by atoms with Crippen LogP contribution in [0.3, 0.4) is 0 Å². The maximum atomic E-state index is 13.1. The molecule has 0 spiro atoms. The fraction of sp³-hybridized carbons (Fsp3) is 0.517. The number of ether oxygens (including phenoxy) is 2. The highest BCUT2D eigenvalue weighted by atomic mass is 16.6. The average Bonchev–Trinajstić information content (AvgIpc) is 3.75. The van der Waals surface area contributed by atoms with E-state index in [1.165, 1.54) is 6.07 Å². The average molecular weight is 608 g/mol. The van der Waals surface area contributed by atoms with Gasteiger partial charge in [0.15, 0.2) is 12.4 Å². The molecule has 3 aromatic rings. The first-order valence-electron chi connectivity index (χ1n) is 14.9. The number of aryl methyl sites for hydroxylation is 1. The second-order valence-corrected chi connectivity index (χ2v) is 10.9. The zero-order valence-corrected chi connectivity index (χ0v) is 25.0. The third-order valence-corrected chi connectivity index (χ3v) is 7.78. The van der Waals surface area contributed by atoms with Gasteiger partial charge in [0.2, 0.25) is 5.91 Å². The molecule has 2 saturated heterocycles. The van der Waals surface area contributed by atoms with E-state index in [0.717, 1.165) is 31.2 Å². The Kier molecular flexibility index (Phi) is 9.82. The van der Waals surface area contributed by atoms with E-state index in [4.69, 9.17) is 9.47 Å². The number of nitrogens with zero attached hydrogens (tertiary/aromatic N) is 7. The molecule has 2 aliphatic rings. The summed E-state index contributed by atoms with van der Waals surface area (Å²) in [5.41, 5.74) is 1.53. The minimum atomic E-state index is -0.548. The number of rotatable bonds is 10. The summed E-state index contributed by atoms with van der Waals surface area (Å²) in [6, 6.07) is 6.79. The molecular weight excluding hydrogens is 570 g/mol. The number of fused-ring (bicyclic) bond motifs is 1. The van der Waals surface area contributed by atoms with Gasteiger partial charge in [-0.15, -0.1) is 5.10 Å². The summed E-state index contributed by atoms with van der Waals surface area (Å²) in [4.78, 5) is 60.6. The lowest BCUT2D eigenvalue weighted by molar-refractivity contribution is -0.134. The van der Waals surface area contributed by atoms with E-state index in [9.17, 15) is 19.2 Å². The molecule has 2 aliphatic heterocycles. The standard InChI is InChI=1S/C29H37N9O6/c1-3-4-14-43-29(42)37-12-10-36(11-13-37)25(39)17-30-28(41)22-16-24(20-8-7-19(2)15-21(20)31-22)44-18-26(40)38-9-5-6-23(38)27-32-34-35-33-27/h7-8,15-16,23H,3-6,9-14,17-18H2,1-2H3,(H,30,41)(H,32,33,34,35)/t23-/m0/s1. The highest BCUT2D eigenvalue weighted by molar-refractivity contribution is 5.98. The summed E-state index contributed by atoms with van der Waals surface area (Å²) in [7, 11) is 0. The smallest absolute Gasteiger partial charge is 0.409 e. The summed E-state index contributed by atoms with van der Waals surface area (Å²) < 4.78 is 11.2. The Hall–Kier alpha value is -4.82.